The van der Waals surface area contributed by atoms with Crippen molar-refractivity contribution in [3.8, 4) is 11.5 Å². The van der Waals surface area contributed by atoms with Gasteiger partial charge in [-0.25, -0.2) is 9.79 Å². The van der Waals surface area contributed by atoms with Gasteiger partial charge in [-0.3, -0.25) is 0 Å². The molecule has 0 saturated carbocycles. The van der Waals surface area contributed by atoms with E-state index in [2.05, 4.69) is 34.2 Å². The SMILES string of the molecule is C=C(C)COc1c(I)cc(/C=C2\N=C(c3ccccc3C)OC2=O)cc1OC. The van der Waals surface area contributed by atoms with Gasteiger partial charge in [0.05, 0.1) is 10.7 Å². The van der Waals surface area contributed by atoms with Crippen LogP contribution in [0.25, 0.3) is 6.08 Å². The lowest BCUT2D eigenvalue weighted by molar-refractivity contribution is -0.129. The molecule has 1 heterocycles. The Morgan fingerprint density at radius 3 is 2.75 bits per heavy atom. The van der Waals surface area contributed by atoms with Crippen LogP contribution < -0.4 is 9.47 Å². The lowest BCUT2D eigenvalue weighted by Gasteiger charge is -2.13. The van der Waals surface area contributed by atoms with Crippen LogP contribution in [0.15, 0.2) is 59.2 Å². The predicted octanol–water partition coefficient (Wildman–Crippen LogP) is 4.91. The second-order valence-electron chi connectivity index (χ2n) is 6.43. The zero-order chi connectivity index (χ0) is 20.3. The summed E-state index contributed by atoms with van der Waals surface area (Å²) in [6, 6.07) is 11.3. The van der Waals surface area contributed by atoms with Gasteiger partial charge in [0.2, 0.25) is 5.90 Å². The number of aliphatic imine (C=N–C) groups is 1. The molecule has 6 heteroatoms. The van der Waals surface area contributed by atoms with Crippen LogP contribution in [0, 0.1) is 10.5 Å². The maximum Gasteiger partial charge on any atom is 0.363 e. The fraction of sp³-hybridized carbons (Fsp3) is 0.182. The topological polar surface area (TPSA) is 57.1 Å². The fourth-order valence-electron chi connectivity index (χ4n) is 2.65. The van der Waals surface area contributed by atoms with Gasteiger partial charge < -0.3 is 14.2 Å². The number of methoxy groups -OCH3 is 1. The third-order valence-electron chi connectivity index (χ3n) is 4.01. The molecule has 1 aliphatic heterocycles. The van der Waals surface area contributed by atoms with E-state index >= 15 is 0 Å². The zero-order valence-electron chi connectivity index (χ0n) is 15.9. The van der Waals surface area contributed by atoms with E-state index in [4.69, 9.17) is 14.2 Å². The highest BCUT2D eigenvalue weighted by molar-refractivity contribution is 14.1. The quantitative estimate of drug-likeness (QED) is 0.251. The number of benzene rings is 2. The number of ether oxygens (including phenoxy) is 3. The van der Waals surface area contributed by atoms with Gasteiger partial charge in [-0.2, -0.15) is 0 Å². The smallest absolute Gasteiger partial charge is 0.363 e. The number of nitrogens with zero attached hydrogens (tertiary/aromatic N) is 1. The fourth-order valence-corrected chi connectivity index (χ4v) is 3.43. The summed E-state index contributed by atoms with van der Waals surface area (Å²) in [4.78, 5) is 16.7. The molecular weight excluding hydrogens is 469 g/mol. The minimum Gasteiger partial charge on any atom is -0.493 e. The summed E-state index contributed by atoms with van der Waals surface area (Å²) in [6.45, 7) is 8.10. The van der Waals surface area contributed by atoms with Gasteiger partial charge in [0.1, 0.15) is 6.61 Å². The van der Waals surface area contributed by atoms with E-state index in [1.165, 1.54) is 0 Å². The Hall–Kier alpha value is -2.61. The number of carbonyl (C=O) groups excluding carboxylic acids is 1. The van der Waals surface area contributed by atoms with Crippen molar-refractivity contribution in [3.05, 3.63) is 74.5 Å². The highest BCUT2D eigenvalue weighted by Gasteiger charge is 2.25. The Morgan fingerprint density at radius 1 is 1.32 bits per heavy atom. The number of carbonyl (C=O) groups is 1. The number of hydrogen-bond acceptors (Lipinski definition) is 5. The van der Waals surface area contributed by atoms with Crippen molar-refractivity contribution in [2.75, 3.05) is 13.7 Å². The highest BCUT2D eigenvalue weighted by atomic mass is 127. The number of halogens is 1. The average molecular weight is 489 g/mol. The highest BCUT2D eigenvalue weighted by Crippen LogP contribution is 2.35. The van der Waals surface area contributed by atoms with Gasteiger partial charge in [0.25, 0.3) is 0 Å². The van der Waals surface area contributed by atoms with Crippen LogP contribution in [0.2, 0.25) is 0 Å². The summed E-state index contributed by atoms with van der Waals surface area (Å²) in [6.07, 6.45) is 1.68. The zero-order valence-corrected chi connectivity index (χ0v) is 18.1. The average Bonchev–Trinajstić information content (AvgIpc) is 3.00. The molecule has 5 nitrogen and oxygen atoms in total. The molecule has 0 aromatic heterocycles. The molecule has 0 atom stereocenters. The summed E-state index contributed by atoms with van der Waals surface area (Å²) in [5.74, 6) is 1.06. The summed E-state index contributed by atoms with van der Waals surface area (Å²) in [7, 11) is 1.58. The van der Waals surface area contributed by atoms with Crippen molar-refractivity contribution in [2.45, 2.75) is 13.8 Å². The molecule has 0 unspecified atom stereocenters. The maximum atomic E-state index is 12.3. The van der Waals surface area contributed by atoms with Crippen LogP contribution in [0.4, 0.5) is 0 Å². The molecule has 0 amide bonds. The van der Waals surface area contributed by atoms with Gasteiger partial charge in [-0.1, -0.05) is 24.8 Å². The predicted molar refractivity (Wildman–Crippen MR) is 118 cm³/mol. The number of aryl methyl sites for hydroxylation is 1. The summed E-state index contributed by atoms with van der Waals surface area (Å²) >= 11 is 2.18. The molecule has 0 saturated heterocycles. The van der Waals surface area contributed by atoms with Crippen LogP contribution in [0.1, 0.15) is 23.6 Å². The minimum absolute atomic E-state index is 0.242. The third-order valence-corrected chi connectivity index (χ3v) is 4.82. The molecule has 0 N–H and O–H groups in total. The first-order valence-electron chi connectivity index (χ1n) is 8.62. The Morgan fingerprint density at radius 2 is 2.07 bits per heavy atom. The van der Waals surface area contributed by atoms with Crippen molar-refractivity contribution in [1.29, 1.82) is 0 Å². The summed E-state index contributed by atoms with van der Waals surface area (Å²) < 4.78 is 17.5. The van der Waals surface area contributed by atoms with E-state index in [9.17, 15) is 4.79 Å². The second-order valence-corrected chi connectivity index (χ2v) is 7.59. The molecule has 0 radical (unpaired) electrons. The molecule has 0 spiro atoms. The molecule has 1 aliphatic rings. The van der Waals surface area contributed by atoms with Crippen molar-refractivity contribution >= 4 is 40.5 Å². The normalized spacial score (nSPS) is 14.6. The number of cyclic esters (lactones) is 1. The van der Waals surface area contributed by atoms with E-state index in [1.807, 2.05) is 44.2 Å². The summed E-state index contributed by atoms with van der Waals surface area (Å²) in [5, 5.41) is 0. The van der Waals surface area contributed by atoms with Crippen LogP contribution in [0.3, 0.4) is 0 Å². The molecule has 0 bridgehead atoms. The number of rotatable bonds is 6. The van der Waals surface area contributed by atoms with E-state index in [0.29, 0.717) is 24.0 Å². The van der Waals surface area contributed by atoms with E-state index in [0.717, 1.165) is 25.8 Å². The van der Waals surface area contributed by atoms with Crippen molar-refractivity contribution in [3.63, 3.8) is 0 Å². The van der Waals surface area contributed by atoms with E-state index < -0.39 is 5.97 Å². The molecular formula is C22H20INO4. The van der Waals surface area contributed by atoms with Gasteiger partial charge in [0.15, 0.2) is 17.2 Å². The molecule has 28 heavy (non-hydrogen) atoms. The lowest BCUT2D eigenvalue weighted by Crippen LogP contribution is -2.06. The van der Waals surface area contributed by atoms with Crippen molar-refractivity contribution in [2.24, 2.45) is 4.99 Å². The van der Waals surface area contributed by atoms with Gasteiger partial charge >= 0.3 is 5.97 Å². The van der Waals surface area contributed by atoms with Crippen LogP contribution in [-0.2, 0) is 9.53 Å². The van der Waals surface area contributed by atoms with Gasteiger partial charge in [0, 0.05) is 5.56 Å². The number of hydrogen-bond donors (Lipinski definition) is 0. The van der Waals surface area contributed by atoms with Crippen molar-refractivity contribution in [1.82, 2.24) is 0 Å². The molecule has 0 aliphatic carbocycles. The molecule has 3 rings (SSSR count). The van der Waals surface area contributed by atoms with Gasteiger partial charge in [-0.05, 0) is 77.4 Å². The standard InChI is InChI=1S/C22H20INO4/c1-13(2)12-27-20-17(23)9-15(11-19(20)26-4)10-18-22(25)28-21(24-18)16-8-6-5-7-14(16)3/h5-11H,1,12H2,2-4H3/b18-10-. The maximum absolute atomic E-state index is 12.3. The second kappa shape index (κ2) is 8.60. The van der Waals surface area contributed by atoms with Crippen LogP contribution in [0.5, 0.6) is 11.5 Å². The molecule has 2 aromatic carbocycles. The first-order valence-corrected chi connectivity index (χ1v) is 9.70. The Balaban J connectivity index is 1.94. The van der Waals surface area contributed by atoms with Gasteiger partial charge in [-0.15, -0.1) is 0 Å². The Bertz CT molecular complexity index is 1010. The summed E-state index contributed by atoms with van der Waals surface area (Å²) in [5.41, 5.74) is 3.72. The largest absolute Gasteiger partial charge is 0.493 e. The number of esters is 1. The first-order chi connectivity index (χ1) is 13.4. The monoisotopic (exact) mass is 489 g/mol. The Kier molecular flexibility index (Phi) is 6.18. The third kappa shape index (κ3) is 4.44. The minimum atomic E-state index is -0.477. The van der Waals surface area contributed by atoms with Crippen LogP contribution >= 0.6 is 22.6 Å². The van der Waals surface area contributed by atoms with E-state index in [-0.39, 0.29) is 5.70 Å². The van der Waals surface area contributed by atoms with Crippen LogP contribution in [-0.4, -0.2) is 25.6 Å². The van der Waals surface area contributed by atoms with Crippen molar-refractivity contribution < 1.29 is 19.0 Å². The van der Waals surface area contributed by atoms with E-state index in [1.54, 1.807) is 19.3 Å². The first kappa shape index (κ1) is 20.1. The Labute approximate surface area is 177 Å². The molecule has 0 fully saturated rings. The lowest BCUT2D eigenvalue weighted by atomic mass is 10.1. The molecule has 2 aromatic rings. The molecule has 144 valence electrons.